The summed E-state index contributed by atoms with van der Waals surface area (Å²) in [5.74, 6) is -2.93. The number of carbonyl (C=O) groups excluding carboxylic acids is 4. The third kappa shape index (κ3) is 10.9. The van der Waals surface area contributed by atoms with Crippen LogP contribution in [0.2, 0.25) is 0 Å². The van der Waals surface area contributed by atoms with Gasteiger partial charge in [0.05, 0.1) is 72.5 Å². The van der Waals surface area contributed by atoms with Gasteiger partial charge in [-0.2, -0.15) is 0 Å². The Morgan fingerprint density at radius 2 is 0.519 bits per heavy atom. The summed E-state index contributed by atoms with van der Waals surface area (Å²) in [5, 5.41) is 0. The van der Waals surface area contributed by atoms with E-state index >= 15 is 0 Å². The second-order valence-electron chi connectivity index (χ2n) is 16.6. The Morgan fingerprint density at radius 1 is 0.327 bits per heavy atom. The van der Waals surface area contributed by atoms with Gasteiger partial charge in [-0.1, -0.05) is 0 Å². The van der Waals surface area contributed by atoms with Crippen LogP contribution in [-0.4, -0.2) is 97.1 Å². The molecule has 12 nitrogen and oxygen atoms in total. The van der Waals surface area contributed by atoms with Crippen molar-refractivity contribution in [2.24, 2.45) is 23.7 Å². The molecule has 0 saturated carbocycles. The molecule has 0 aromatic carbocycles. The molecule has 5 fully saturated rings. The molecule has 5 saturated heterocycles. The highest BCUT2D eigenvalue weighted by Gasteiger charge is 2.41. The molecular weight excluding hydrogens is 672 g/mol. The van der Waals surface area contributed by atoms with Crippen LogP contribution in [0.3, 0.4) is 0 Å². The molecule has 16 atom stereocenters. The zero-order chi connectivity index (χ0) is 37.7. The molecule has 296 valence electrons. The highest BCUT2D eigenvalue weighted by atomic mass is 16.6. The Bertz CT molecular complexity index is 1040. The van der Waals surface area contributed by atoms with Gasteiger partial charge in [0.1, 0.15) is 24.4 Å². The Labute approximate surface area is 309 Å². The molecule has 5 aliphatic rings. The van der Waals surface area contributed by atoms with Crippen molar-refractivity contribution in [1.29, 1.82) is 0 Å². The summed E-state index contributed by atoms with van der Waals surface area (Å²) in [6, 6.07) is 0. The highest BCUT2D eigenvalue weighted by molar-refractivity contribution is 5.74. The van der Waals surface area contributed by atoms with Crippen LogP contribution in [0.5, 0.6) is 0 Å². The standard InChI is InChI=1S/C40H64O12/c1-21-17-29-9-13-34(49-29)26(6)38(42)46-23(3)19-31-11-15-36(51-31)28(8)40(44)48-24(4)20-32-12-16-35(52-32)27(7)39(43)47-22(2)18-30-10-14-33(50-30)25(5)37(41)45-21/h21-36H,9-20H2,1-8H3/t21-,22+,23+,24-,25-,26+,27+,28-,29-,30-,31-,32-,33-,34+,35+,36+/m1/s1. The zero-order valence-electron chi connectivity index (χ0n) is 32.6. The molecule has 0 aromatic heterocycles. The molecule has 5 heterocycles. The first-order valence-electron chi connectivity index (χ1n) is 20.1. The number of carbonyl (C=O) groups is 4. The second kappa shape index (κ2) is 18.4. The smallest absolute Gasteiger partial charge is 0.311 e. The molecular formula is C40H64O12. The number of hydrogen-bond acceptors (Lipinski definition) is 12. The highest BCUT2D eigenvalue weighted by Crippen LogP contribution is 2.34. The van der Waals surface area contributed by atoms with Gasteiger partial charge in [0.2, 0.25) is 0 Å². The fourth-order valence-corrected chi connectivity index (χ4v) is 8.60. The van der Waals surface area contributed by atoms with Crippen molar-refractivity contribution in [3.8, 4) is 0 Å². The van der Waals surface area contributed by atoms with Gasteiger partial charge < -0.3 is 37.9 Å². The van der Waals surface area contributed by atoms with Crippen LogP contribution < -0.4 is 0 Å². The summed E-state index contributed by atoms with van der Waals surface area (Å²) in [4.78, 5) is 52.4. The molecule has 0 aromatic rings. The van der Waals surface area contributed by atoms with Crippen molar-refractivity contribution < 1.29 is 57.1 Å². The van der Waals surface area contributed by atoms with E-state index in [1.54, 1.807) is 0 Å². The molecule has 0 spiro atoms. The summed E-state index contributed by atoms with van der Waals surface area (Å²) < 4.78 is 48.4. The fourth-order valence-electron chi connectivity index (χ4n) is 8.60. The Kier molecular flexibility index (Phi) is 14.4. The molecule has 0 unspecified atom stereocenters. The van der Waals surface area contributed by atoms with E-state index in [1.807, 2.05) is 55.4 Å². The Morgan fingerprint density at radius 3 is 0.712 bits per heavy atom. The quantitative estimate of drug-likeness (QED) is 0.212. The average molecular weight is 737 g/mol. The predicted molar refractivity (Wildman–Crippen MR) is 189 cm³/mol. The van der Waals surface area contributed by atoms with E-state index < -0.39 is 23.7 Å². The average Bonchev–Trinajstić information content (AvgIpc) is 3.91. The summed E-state index contributed by atoms with van der Waals surface area (Å²) in [7, 11) is 0. The SMILES string of the molecule is C[C@@H]1C[C@H]2CC[C@H](O2)[C@H](C)C(=O)O[C@@H](C)C[C@H]2CC[C@@H](O2)[C@@H](C)C(=O)O[C@H](C)C[C@H]2CC[C@H](O2)[C@H](C)C(=O)O[C@@H](C)C[C@H]2CC[C@H](O2)[C@@H](C)C(=O)O1. The van der Waals surface area contributed by atoms with Gasteiger partial charge >= 0.3 is 23.9 Å². The van der Waals surface area contributed by atoms with Crippen molar-refractivity contribution in [3.63, 3.8) is 0 Å². The van der Waals surface area contributed by atoms with Crippen molar-refractivity contribution >= 4 is 23.9 Å². The molecule has 5 rings (SSSR count). The first-order chi connectivity index (χ1) is 24.7. The van der Waals surface area contributed by atoms with E-state index in [-0.39, 0.29) is 97.1 Å². The van der Waals surface area contributed by atoms with E-state index in [0.29, 0.717) is 25.7 Å². The number of cyclic esters (lactones) is 4. The first-order valence-corrected chi connectivity index (χ1v) is 20.1. The molecule has 0 N–H and O–H groups in total. The molecule has 12 heteroatoms. The Hall–Kier alpha value is -2.28. The molecule has 8 bridgehead atoms. The summed E-state index contributed by atoms with van der Waals surface area (Å²) in [5.41, 5.74) is 0. The van der Waals surface area contributed by atoms with Crippen LogP contribution in [0, 0.1) is 23.7 Å². The minimum atomic E-state index is -0.434. The summed E-state index contributed by atoms with van der Waals surface area (Å²) >= 11 is 0. The lowest BCUT2D eigenvalue weighted by Gasteiger charge is -2.26. The number of hydrogen-bond donors (Lipinski definition) is 0. The third-order valence-corrected chi connectivity index (χ3v) is 11.9. The van der Waals surface area contributed by atoms with Crippen molar-refractivity contribution in [1.82, 2.24) is 0 Å². The zero-order valence-corrected chi connectivity index (χ0v) is 32.6. The maximum Gasteiger partial charge on any atom is 0.311 e. The van der Waals surface area contributed by atoms with Gasteiger partial charge in [0.15, 0.2) is 0 Å². The van der Waals surface area contributed by atoms with E-state index in [0.717, 1.165) is 51.4 Å². The number of rotatable bonds is 0. The van der Waals surface area contributed by atoms with Gasteiger partial charge in [0, 0.05) is 25.7 Å². The van der Waals surface area contributed by atoms with Gasteiger partial charge in [-0.15, -0.1) is 0 Å². The maximum absolute atomic E-state index is 13.1. The van der Waals surface area contributed by atoms with Gasteiger partial charge in [-0.05, 0) is 107 Å². The van der Waals surface area contributed by atoms with Crippen LogP contribution in [0.4, 0.5) is 0 Å². The van der Waals surface area contributed by atoms with E-state index in [1.165, 1.54) is 0 Å². The van der Waals surface area contributed by atoms with E-state index in [2.05, 4.69) is 0 Å². The molecule has 5 aliphatic heterocycles. The third-order valence-electron chi connectivity index (χ3n) is 11.9. The van der Waals surface area contributed by atoms with E-state index in [9.17, 15) is 19.2 Å². The maximum atomic E-state index is 13.1. The van der Waals surface area contributed by atoms with E-state index in [4.69, 9.17) is 37.9 Å². The molecule has 52 heavy (non-hydrogen) atoms. The summed E-state index contributed by atoms with van der Waals surface area (Å²) in [6.07, 6.45) is 5.22. The predicted octanol–water partition coefficient (Wildman–Crippen LogP) is 6.02. The Balaban J connectivity index is 1.19. The lowest BCUT2D eigenvalue weighted by Crippen LogP contribution is -2.34. The number of fused-ring (bicyclic) bond motifs is 8. The lowest BCUT2D eigenvalue weighted by molar-refractivity contribution is -0.161. The van der Waals surface area contributed by atoms with Gasteiger partial charge in [-0.3, -0.25) is 19.2 Å². The lowest BCUT2D eigenvalue weighted by atomic mass is 10.00. The second-order valence-corrected chi connectivity index (χ2v) is 16.6. The van der Waals surface area contributed by atoms with Crippen molar-refractivity contribution in [3.05, 3.63) is 0 Å². The van der Waals surface area contributed by atoms with Crippen molar-refractivity contribution in [2.45, 2.75) is 206 Å². The largest absolute Gasteiger partial charge is 0.462 e. The molecule has 0 radical (unpaired) electrons. The fraction of sp³-hybridized carbons (Fsp3) is 0.900. The molecule has 0 aliphatic carbocycles. The minimum Gasteiger partial charge on any atom is -0.462 e. The normalized spacial score (nSPS) is 45.2. The monoisotopic (exact) mass is 736 g/mol. The number of esters is 4. The molecule has 0 amide bonds. The summed E-state index contributed by atoms with van der Waals surface area (Å²) in [6.45, 7) is 14.9. The van der Waals surface area contributed by atoms with Gasteiger partial charge in [-0.25, -0.2) is 0 Å². The minimum absolute atomic E-state index is 0.119. The number of ether oxygens (including phenoxy) is 8. The first kappa shape index (κ1) is 40.9. The van der Waals surface area contributed by atoms with Crippen LogP contribution in [0.1, 0.15) is 132 Å². The van der Waals surface area contributed by atoms with Crippen LogP contribution in [-0.2, 0) is 57.1 Å². The topological polar surface area (TPSA) is 142 Å². The van der Waals surface area contributed by atoms with Crippen LogP contribution in [0.25, 0.3) is 0 Å². The van der Waals surface area contributed by atoms with Crippen LogP contribution in [0.15, 0.2) is 0 Å². The van der Waals surface area contributed by atoms with Gasteiger partial charge in [0.25, 0.3) is 0 Å². The van der Waals surface area contributed by atoms with Crippen LogP contribution >= 0.6 is 0 Å². The van der Waals surface area contributed by atoms with Crippen molar-refractivity contribution in [2.75, 3.05) is 0 Å².